The molecule has 3 heterocycles. The van der Waals surface area contributed by atoms with E-state index in [1.807, 2.05) is 19.9 Å². The minimum atomic E-state index is -1.60. The highest BCUT2D eigenvalue weighted by atomic mass is 35.5. The van der Waals surface area contributed by atoms with Gasteiger partial charge in [0.05, 0.1) is 11.8 Å². The smallest absolute Gasteiger partial charge is 0.319 e. The van der Waals surface area contributed by atoms with Gasteiger partial charge in [-0.05, 0) is 69.7 Å². The normalized spacial score (nSPS) is 24.2. The average molecular weight is 853 g/mol. The maximum Gasteiger partial charge on any atom is 0.319 e. The van der Waals surface area contributed by atoms with Gasteiger partial charge >= 0.3 is 6.03 Å². The number of rotatable bonds is 12. The van der Waals surface area contributed by atoms with Crippen molar-refractivity contribution in [1.82, 2.24) is 36.0 Å². The molecule has 17 nitrogen and oxygen atoms in total. The highest BCUT2D eigenvalue weighted by Crippen LogP contribution is 2.48. The molecule has 2 aromatic rings. The van der Waals surface area contributed by atoms with Crippen LogP contribution in [0.3, 0.4) is 0 Å². The molecule has 1 aliphatic carbocycles. The number of aliphatic hydroxyl groups is 1. The number of aryl methyl sites for hydroxylation is 1. The molecule has 3 aliphatic heterocycles. The molecule has 6 N–H and O–H groups in total. The van der Waals surface area contributed by atoms with Gasteiger partial charge in [0.2, 0.25) is 35.4 Å². The summed E-state index contributed by atoms with van der Waals surface area (Å²) < 4.78 is 14.5. The molecule has 1 spiro atoms. The Labute approximate surface area is 351 Å². The Hall–Kier alpha value is -5.62. The van der Waals surface area contributed by atoms with Crippen LogP contribution in [0.4, 0.5) is 14.9 Å². The summed E-state index contributed by atoms with van der Waals surface area (Å²) in [5.74, 6) is -4.81. The Balaban J connectivity index is 1.15. The Bertz CT molecular complexity index is 2090. The molecule has 4 fully saturated rings. The van der Waals surface area contributed by atoms with E-state index in [1.54, 1.807) is 18.2 Å². The lowest BCUT2D eigenvalue weighted by atomic mass is 10.0. The van der Waals surface area contributed by atoms with Crippen LogP contribution in [0.2, 0.25) is 5.02 Å². The van der Waals surface area contributed by atoms with Gasteiger partial charge in [-0.1, -0.05) is 48.4 Å². The van der Waals surface area contributed by atoms with Crippen molar-refractivity contribution in [2.45, 2.75) is 102 Å². The van der Waals surface area contributed by atoms with Crippen LogP contribution in [-0.2, 0) is 40.0 Å². The summed E-state index contributed by atoms with van der Waals surface area (Å²) in [6, 6.07) is 3.40. The fourth-order valence-electron chi connectivity index (χ4n) is 8.40. The number of carbonyl (C=O) groups excluding carboxylic acids is 8. The Kier molecular flexibility index (Phi) is 13.1. The number of hydrogen-bond acceptors (Lipinski definition) is 9. The molecule has 3 saturated heterocycles. The van der Waals surface area contributed by atoms with E-state index in [-0.39, 0.29) is 54.8 Å². The van der Waals surface area contributed by atoms with Crippen molar-refractivity contribution < 1.29 is 47.9 Å². The standard InChI is InChI=1S/C41H50ClFN8O9/c1-21-7-5-8-25(13-21)14-29(47-40(60)46-28-11-10-26(42)15-27(28)43)35(55)48-34(24(4)52)39(59)49-12-6-9-30(49)38(58)50-20-33(54)44-18-31(50)36(56)45-23(3)37(57)51-19-22(2)16-41(51)17-32(41)53/h5,7-8,10-11,13,15,22-24,29-31,34,52H,6,9,12,14,16-20H2,1-4H3,(H,44,54)(H,45,56)(H,48,55)(H2,46,47,60)/t22-,23+,24+,29+,30+,31+,34+,41+/m1/s1. The predicted molar refractivity (Wildman–Crippen MR) is 215 cm³/mol. The quantitative estimate of drug-likeness (QED) is 0.177. The molecule has 2 aromatic carbocycles. The number of anilines is 1. The second-order valence-corrected chi connectivity index (χ2v) is 16.7. The number of piperazine rings is 1. The highest BCUT2D eigenvalue weighted by Gasteiger charge is 2.63. The number of amides is 8. The lowest BCUT2D eigenvalue weighted by Crippen LogP contribution is -2.66. The second-order valence-electron chi connectivity index (χ2n) is 16.3. The number of aliphatic hydroxyl groups excluding tert-OH is 1. The van der Waals surface area contributed by atoms with Crippen LogP contribution in [-0.4, -0.2) is 135 Å². The van der Waals surface area contributed by atoms with E-state index < -0.39 is 95.7 Å². The first-order valence-corrected chi connectivity index (χ1v) is 20.4. The third-order valence-corrected chi connectivity index (χ3v) is 11.7. The van der Waals surface area contributed by atoms with Crippen molar-refractivity contribution in [3.8, 4) is 0 Å². The van der Waals surface area contributed by atoms with Gasteiger partial charge in [0.15, 0.2) is 5.78 Å². The van der Waals surface area contributed by atoms with Gasteiger partial charge in [-0.3, -0.25) is 33.6 Å². The lowest BCUT2D eigenvalue weighted by molar-refractivity contribution is -0.153. The number of nitrogens with zero attached hydrogens (tertiary/aromatic N) is 3. The molecule has 19 heteroatoms. The number of hydrogen-bond donors (Lipinski definition) is 6. The minimum absolute atomic E-state index is 0.0206. The zero-order valence-electron chi connectivity index (χ0n) is 33.8. The minimum Gasteiger partial charge on any atom is -0.391 e. The van der Waals surface area contributed by atoms with Gasteiger partial charge in [-0.15, -0.1) is 0 Å². The van der Waals surface area contributed by atoms with Crippen molar-refractivity contribution in [1.29, 1.82) is 0 Å². The van der Waals surface area contributed by atoms with Crippen molar-refractivity contribution >= 4 is 64.5 Å². The van der Waals surface area contributed by atoms with Gasteiger partial charge in [0, 0.05) is 37.5 Å². The first-order chi connectivity index (χ1) is 28.4. The molecule has 4 aliphatic rings. The molecule has 322 valence electrons. The average Bonchev–Trinajstić information content (AvgIpc) is 3.46. The maximum absolute atomic E-state index is 14.5. The fourth-order valence-corrected chi connectivity index (χ4v) is 8.55. The first-order valence-electron chi connectivity index (χ1n) is 20.0. The van der Waals surface area contributed by atoms with Crippen molar-refractivity contribution in [3.05, 3.63) is 64.4 Å². The van der Waals surface area contributed by atoms with E-state index in [2.05, 4.69) is 26.6 Å². The van der Waals surface area contributed by atoms with E-state index >= 15 is 0 Å². The third-order valence-electron chi connectivity index (χ3n) is 11.5. The molecule has 8 atom stereocenters. The van der Waals surface area contributed by atoms with Crippen LogP contribution in [0.15, 0.2) is 42.5 Å². The van der Waals surface area contributed by atoms with Crippen LogP contribution in [0.5, 0.6) is 0 Å². The summed E-state index contributed by atoms with van der Waals surface area (Å²) in [7, 11) is 0. The fraction of sp³-hybridized carbons (Fsp3) is 0.512. The molecular formula is C41H50ClFN8O9. The van der Waals surface area contributed by atoms with Crippen molar-refractivity contribution in [2.75, 3.05) is 31.5 Å². The number of halogens is 2. The Morgan fingerprint density at radius 2 is 1.73 bits per heavy atom. The summed E-state index contributed by atoms with van der Waals surface area (Å²) >= 11 is 5.83. The van der Waals surface area contributed by atoms with Crippen LogP contribution in [0, 0.1) is 18.7 Å². The molecule has 0 aromatic heterocycles. The molecule has 8 amide bonds. The predicted octanol–water partition coefficient (Wildman–Crippen LogP) is 0.789. The largest absolute Gasteiger partial charge is 0.391 e. The van der Waals surface area contributed by atoms with E-state index in [0.717, 1.165) is 16.5 Å². The molecule has 1 saturated carbocycles. The summed E-state index contributed by atoms with van der Waals surface area (Å²) in [5, 5.41) is 23.6. The zero-order chi connectivity index (χ0) is 43.6. The number of nitrogens with one attached hydrogen (secondary N) is 5. The number of carbonyl (C=O) groups is 8. The van der Waals surface area contributed by atoms with Gasteiger partial charge < -0.3 is 46.4 Å². The summed E-state index contributed by atoms with van der Waals surface area (Å²) in [6.45, 7) is 6.20. The van der Waals surface area contributed by atoms with Crippen LogP contribution >= 0.6 is 11.6 Å². The number of likely N-dealkylation sites (tertiary alicyclic amines) is 2. The number of ketones is 1. The number of Topliss-reactive ketones (excluding diaryl/α,β-unsaturated/α-hetero) is 1. The van der Waals surface area contributed by atoms with Gasteiger partial charge in [-0.2, -0.15) is 0 Å². The van der Waals surface area contributed by atoms with Crippen LogP contribution < -0.4 is 26.6 Å². The third kappa shape index (κ3) is 9.54. The van der Waals surface area contributed by atoms with E-state index in [0.29, 0.717) is 24.9 Å². The highest BCUT2D eigenvalue weighted by molar-refractivity contribution is 6.30. The molecule has 0 unspecified atom stereocenters. The van der Waals surface area contributed by atoms with Gasteiger partial charge in [-0.25, -0.2) is 9.18 Å². The molecular weight excluding hydrogens is 803 g/mol. The molecule has 6 rings (SSSR count). The topological polar surface area (TPSA) is 227 Å². The monoisotopic (exact) mass is 852 g/mol. The molecule has 0 bridgehead atoms. The van der Waals surface area contributed by atoms with E-state index in [9.17, 15) is 47.9 Å². The van der Waals surface area contributed by atoms with E-state index in [1.165, 1.54) is 35.8 Å². The summed E-state index contributed by atoms with van der Waals surface area (Å²) in [5.41, 5.74) is 0.483. The SMILES string of the molecule is Cc1cccc(C[C@H](NC(=O)Nc2ccc(Cl)cc2F)C(=O)N[C@H](C(=O)N2CCC[C@H]2C(=O)N2CC(=O)NC[C@H]2C(=O)N[C@@H](C)C(=O)N2C[C@H](C)C[C@@]23CC3=O)[C@H](C)O)c1. The van der Waals surface area contributed by atoms with Crippen LogP contribution in [0.25, 0.3) is 0 Å². The number of urea groups is 1. The van der Waals surface area contributed by atoms with Crippen molar-refractivity contribution in [3.63, 3.8) is 0 Å². The van der Waals surface area contributed by atoms with Crippen LogP contribution in [0.1, 0.15) is 57.6 Å². The van der Waals surface area contributed by atoms with E-state index in [4.69, 9.17) is 11.6 Å². The first kappa shape index (κ1) is 43.9. The summed E-state index contributed by atoms with van der Waals surface area (Å²) in [6.07, 6.45) is -0.229. The molecule has 60 heavy (non-hydrogen) atoms. The Morgan fingerprint density at radius 1 is 1.00 bits per heavy atom. The molecule has 0 radical (unpaired) electrons. The summed E-state index contributed by atoms with van der Waals surface area (Å²) in [4.78, 5) is 111. The second kappa shape index (κ2) is 17.9. The van der Waals surface area contributed by atoms with Gasteiger partial charge in [0.1, 0.15) is 48.1 Å². The zero-order valence-corrected chi connectivity index (χ0v) is 34.5. The number of benzene rings is 2. The van der Waals surface area contributed by atoms with Gasteiger partial charge in [0.25, 0.3) is 0 Å². The lowest BCUT2D eigenvalue weighted by Gasteiger charge is -2.39. The Morgan fingerprint density at radius 3 is 2.40 bits per heavy atom. The van der Waals surface area contributed by atoms with Crippen molar-refractivity contribution in [2.24, 2.45) is 5.92 Å². The maximum atomic E-state index is 14.5.